The Bertz CT molecular complexity index is 420. The van der Waals surface area contributed by atoms with Crippen LogP contribution in [0, 0.1) is 10.8 Å². The first kappa shape index (κ1) is 15.3. The third kappa shape index (κ3) is 2.45. The molecule has 2 saturated carbocycles. The molecule has 0 atom stereocenters. The summed E-state index contributed by atoms with van der Waals surface area (Å²) in [4.78, 5) is 0. The number of sulfonamides is 1. The third-order valence-corrected chi connectivity index (χ3v) is 7.28. The smallest absolute Gasteiger partial charge is 0.214 e. The van der Waals surface area contributed by atoms with Crippen LogP contribution < -0.4 is 10.5 Å². The van der Waals surface area contributed by atoms with Crippen molar-refractivity contribution in [1.29, 1.82) is 0 Å². The van der Waals surface area contributed by atoms with Crippen LogP contribution in [0.3, 0.4) is 0 Å². The molecule has 0 heterocycles. The van der Waals surface area contributed by atoms with Gasteiger partial charge in [-0.25, -0.2) is 13.1 Å². The molecule has 0 aromatic heterocycles. The van der Waals surface area contributed by atoms with Gasteiger partial charge in [0.15, 0.2) is 0 Å². The highest BCUT2D eigenvalue weighted by atomic mass is 32.2. The lowest BCUT2D eigenvalue weighted by Crippen LogP contribution is -2.76. The molecule has 0 aliphatic heterocycles. The summed E-state index contributed by atoms with van der Waals surface area (Å²) in [5, 5.41) is -0.204. The molecule has 5 heteroatoms. The van der Waals surface area contributed by atoms with E-state index in [1.54, 1.807) is 0 Å². The standard InChI is InChI=1S/C14H28N2O2S/c1-13(2)11(15)14(3,4)12(13)16-19(17,18)10-8-6-5-7-9-10/h10-12,16H,5-9,15H2,1-4H3. The van der Waals surface area contributed by atoms with Crippen molar-refractivity contribution >= 4 is 10.0 Å². The van der Waals surface area contributed by atoms with E-state index in [0.29, 0.717) is 0 Å². The van der Waals surface area contributed by atoms with Crippen LogP contribution >= 0.6 is 0 Å². The predicted octanol–water partition coefficient (Wildman–Crippen LogP) is 2.00. The Morgan fingerprint density at radius 2 is 1.47 bits per heavy atom. The van der Waals surface area contributed by atoms with Crippen molar-refractivity contribution in [3.05, 3.63) is 0 Å². The van der Waals surface area contributed by atoms with E-state index >= 15 is 0 Å². The van der Waals surface area contributed by atoms with E-state index in [1.807, 2.05) is 0 Å². The molecule has 0 saturated heterocycles. The lowest BCUT2D eigenvalue weighted by atomic mass is 9.49. The largest absolute Gasteiger partial charge is 0.327 e. The second kappa shape index (κ2) is 4.71. The minimum Gasteiger partial charge on any atom is -0.327 e. The zero-order valence-corrected chi connectivity index (χ0v) is 13.4. The topological polar surface area (TPSA) is 72.2 Å². The second-order valence-electron chi connectivity index (χ2n) is 7.48. The van der Waals surface area contributed by atoms with Crippen LogP contribution in [-0.2, 0) is 10.0 Å². The van der Waals surface area contributed by atoms with Gasteiger partial charge < -0.3 is 5.73 Å². The van der Waals surface area contributed by atoms with Crippen molar-refractivity contribution in [3.63, 3.8) is 0 Å². The van der Waals surface area contributed by atoms with E-state index in [0.717, 1.165) is 32.1 Å². The molecule has 2 aliphatic carbocycles. The van der Waals surface area contributed by atoms with Gasteiger partial charge in [-0.1, -0.05) is 47.0 Å². The highest BCUT2D eigenvalue weighted by molar-refractivity contribution is 7.90. The van der Waals surface area contributed by atoms with Crippen LogP contribution in [-0.4, -0.2) is 25.8 Å². The molecule has 0 spiro atoms. The van der Waals surface area contributed by atoms with Gasteiger partial charge >= 0.3 is 0 Å². The Hall–Kier alpha value is -0.130. The summed E-state index contributed by atoms with van der Waals surface area (Å²) in [5.41, 5.74) is 5.84. The fraction of sp³-hybridized carbons (Fsp3) is 1.00. The molecule has 0 aromatic carbocycles. The van der Waals surface area contributed by atoms with E-state index in [9.17, 15) is 8.42 Å². The number of hydrogen-bond donors (Lipinski definition) is 2. The summed E-state index contributed by atoms with van der Waals surface area (Å²) in [5.74, 6) is 0. The monoisotopic (exact) mass is 288 g/mol. The van der Waals surface area contributed by atoms with E-state index in [-0.39, 0.29) is 28.2 Å². The van der Waals surface area contributed by atoms with E-state index in [4.69, 9.17) is 5.73 Å². The quantitative estimate of drug-likeness (QED) is 0.834. The summed E-state index contributed by atoms with van der Waals surface area (Å²) in [6.45, 7) is 8.21. The Balaban J connectivity index is 2.12. The SMILES string of the molecule is CC1(C)C(N)C(C)(C)C1NS(=O)(=O)C1CCCCC1. The zero-order chi connectivity index (χ0) is 14.5. The molecule has 0 unspecified atom stereocenters. The van der Waals surface area contributed by atoms with Crippen LogP contribution in [0.4, 0.5) is 0 Å². The highest BCUT2D eigenvalue weighted by Gasteiger charge is 2.61. The van der Waals surface area contributed by atoms with Crippen LogP contribution in [0.25, 0.3) is 0 Å². The molecule has 2 fully saturated rings. The maximum atomic E-state index is 12.5. The van der Waals surface area contributed by atoms with Crippen molar-refractivity contribution in [3.8, 4) is 0 Å². The fourth-order valence-corrected chi connectivity index (χ4v) is 6.20. The van der Waals surface area contributed by atoms with Crippen LogP contribution in [0.15, 0.2) is 0 Å². The van der Waals surface area contributed by atoms with E-state index in [1.165, 1.54) is 0 Å². The first-order valence-corrected chi connectivity index (χ1v) is 8.91. The minimum atomic E-state index is -3.21. The Morgan fingerprint density at radius 3 is 1.95 bits per heavy atom. The molecule has 0 radical (unpaired) electrons. The van der Waals surface area contributed by atoms with Gasteiger partial charge in [0.1, 0.15) is 0 Å². The summed E-state index contributed by atoms with van der Waals surface area (Å²) >= 11 is 0. The van der Waals surface area contributed by atoms with Crippen molar-refractivity contribution < 1.29 is 8.42 Å². The Labute approximate surface area is 117 Å². The zero-order valence-electron chi connectivity index (χ0n) is 12.6. The summed E-state index contributed by atoms with van der Waals surface area (Å²) in [7, 11) is -3.21. The number of nitrogens with two attached hydrogens (primary N) is 1. The van der Waals surface area contributed by atoms with E-state index in [2.05, 4.69) is 32.4 Å². The molecule has 0 aromatic rings. The number of nitrogens with one attached hydrogen (secondary N) is 1. The van der Waals surface area contributed by atoms with Crippen molar-refractivity contribution in [2.24, 2.45) is 16.6 Å². The maximum absolute atomic E-state index is 12.5. The first-order valence-electron chi connectivity index (χ1n) is 7.37. The van der Waals surface area contributed by atoms with Crippen molar-refractivity contribution in [2.45, 2.75) is 77.1 Å². The molecular formula is C14H28N2O2S. The van der Waals surface area contributed by atoms with Gasteiger partial charge in [0.2, 0.25) is 10.0 Å². The van der Waals surface area contributed by atoms with Crippen molar-refractivity contribution in [1.82, 2.24) is 4.72 Å². The lowest BCUT2D eigenvalue weighted by Gasteiger charge is -2.62. The molecule has 2 aliphatic rings. The first-order chi connectivity index (χ1) is 8.60. The molecule has 0 amide bonds. The summed E-state index contributed by atoms with van der Waals surface area (Å²) < 4.78 is 28.0. The predicted molar refractivity (Wildman–Crippen MR) is 78.3 cm³/mol. The molecule has 19 heavy (non-hydrogen) atoms. The summed E-state index contributed by atoms with van der Waals surface area (Å²) in [6, 6.07) is -0.0408. The Morgan fingerprint density at radius 1 is 1.00 bits per heavy atom. The van der Waals surface area contributed by atoms with Gasteiger partial charge in [-0.3, -0.25) is 0 Å². The molecule has 3 N–H and O–H groups in total. The molecule has 0 bridgehead atoms. The van der Waals surface area contributed by atoms with Gasteiger partial charge in [-0.2, -0.15) is 0 Å². The third-order valence-electron chi connectivity index (χ3n) is 5.36. The minimum absolute atomic E-state index is 0.0269. The van der Waals surface area contributed by atoms with Crippen LogP contribution in [0.2, 0.25) is 0 Å². The van der Waals surface area contributed by atoms with Gasteiger partial charge in [0.05, 0.1) is 5.25 Å². The lowest BCUT2D eigenvalue weighted by molar-refractivity contribution is -0.0595. The van der Waals surface area contributed by atoms with Gasteiger partial charge in [-0.05, 0) is 23.7 Å². The van der Waals surface area contributed by atoms with Crippen molar-refractivity contribution in [2.75, 3.05) is 0 Å². The average Bonchev–Trinajstić information content (AvgIpc) is 2.36. The Kier molecular flexibility index (Phi) is 3.78. The van der Waals surface area contributed by atoms with Gasteiger partial charge in [0, 0.05) is 12.1 Å². The molecular weight excluding hydrogens is 260 g/mol. The molecule has 112 valence electrons. The molecule has 2 rings (SSSR count). The highest BCUT2D eigenvalue weighted by Crippen LogP contribution is 2.53. The normalized spacial score (nSPS) is 34.8. The van der Waals surface area contributed by atoms with Gasteiger partial charge in [-0.15, -0.1) is 0 Å². The number of hydrogen-bond acceptors (Lipinski definition) is 3. The molecule has 4 nitrogen and oxygen atoms in total. The van der Waals surface area contributed by atoms with Gasteiger partial charge in [0.25, 0.3) is 0 Å². The maximum Gasteiger partial charge on any atom is 0.214 e. The number of rotatable bonds is 3. The van der Waals surface area contributed by atoms with Crippen LogP contribution in [0.5, 0.6) is 0 Å². The van der Waals surface area contributed by atoms with Crippen LogP contribution in [0.1, 0.15) is 59.8 Å². The second-order valence-corrected chi connectivity index (χ2v) is 9.47. The summed E-state index contributed by atoms with van der Waals surface area (Å²) in [6.07, 6.45) is 4.83. The average molecular weight is 288 g/mol. The van der Waals surface area contributed by atoms with E-state index < -0.39 is 10.0 Å². The fourth-order valence-electron chi connectivity index (χ4n) is 4.12.